The van der Waals surface area contributed by atoms with Crippen molar-refractivity contribution in [1.29, 1.82) is 0 Å². The molecule has 0 saturated heterocycles. The van der Waals surface area contributed by atoms with Crippen molar-refractivity contribution >= 4 is 0 Å². The Kier molecular flexibility index (Phi) is 3.97. The molecular formula is C17H20N2O. The van der Waals surface area contributed by atoms with Gasteiger partial charge in [-0.25, -0.2) is 0 Å². The van der Waals surface area contributed by atoms with Crippen LogP contribution in [0.2, 0.25) is 0 Å². The number of hydrogen-bond donors (Lipinski definition) is 1. The molecule has 0 fully saturated rings. The molecule has 1 atom stereocenters. The number of nitrogens with one attached hydrogen (secondary N) is 1. The van der Waals surface area contributed by atoms with Crippen molar-refractivity contribution in [2.24, 2.45) is 0 Å². The maximum atomic E-state index is 5.76. The first-order valence-corrected chi connectivity index (χ1v) is 7.24. The summed E-state index contributed by atoms with van der Waals surface area (Å²) in [5, 5.41) is 3.64. The third-order valence-electron chi connectivity index (χ3n) is 3.82. The van der Waals surface area contributed by atoms with Crippen LogP contribution in [0.5, 0.6) is 5.75 Å². The summed E-state index contributed by atoms with van der Waals surface area (Å²) in [7, 11) is 0. The van der Waals surface area contributed by atoms with Crippen molar-refractivity contribution in [3.05, 3.63) is 59.4 Å². The molecule has 104 valence electrons. The van der Waals surface area contributed by atoms with Crippen LogP contribution in [0.15, 0.2) is 42.7 Å². The fraction of sp³-hybridized carbons (Fsp3) is 0.353. The normalized spacial score (nSPS) is 17.4. The van der Waals surface area contributed by atoms with Crippen molar-refractivity contribution < 1.29 is 4.74 Å². The molecule has 3 nitrogen and oxygen atoms in total. The molecule has 0 saturated carbocycles. The fourth-order valence-corrected chi connectivity index (χ4v) is 2.62. The number of benzene rings is 1. The predicted octanol–water partition coefficient (Wildman–Crippen LogP) is 3.26. The van der Waals surface area contributed by atoms with E-state index in [1.807, 2.05) is 12.4 Å². The van der Waals surface area contributed by atoms with Gasteiger partial charge in [-0.3, -0.25) is 4.98 Å². The molecule has 0 bridgehead atoms. The summed E-state index contributed by atoms with van der Waals surface area (Å²) in [4.78, 5) is 4.05. The number of aryl methyl sites for hydroxylation is 1. The molecule has 1 aromatic carbocycles. The Balaban J connectivity index is 1.75. The molecule has 1 N–H and O–H groups in total. The van der Waals surface area contributed by atoms with Gasteiger partial charge in [0.15, 0.2) is 0 Å². The molecule has 0 amide bonds. The molecule has 1 unspecified atom stereocenters. The van der Waals surface area contributed by atoms with Crippen LogP contribution in [0.4, 0.5) is 0 Å². The number of pyridine rings is 1. The highest BCUT2D eigenvalue weighted by Crippen LogP contribution is 2.33. The molecular weight excluding hydrogens is 248 g/mol. The molecule has 0 radical (unpaired) electrons. The fourth-order valence-electron chi connectivity index (χ4n) is 2.62. The van der Waals surface area contributed by atoms with Gasteiger partial charge in [-0.15, -0.1) is 0 Å². The van der Waals surface area contributed by atoms with Crippen LogP contribution >= 0.6 is 0 Å². The van der Waals surface area contributed by atoms with E-state index in [2.05, 4.69) is 47.6 Å². The minimum absolute atomic E-state index is 0.374. The number of rotatable bonds is 4. The molecule has 2 aromatic rings. The summed E-state index contributed by atoms with van der Waals surface area (Å²) >= 11 is 0. The van der Waals surface area contributed by atoms with E-state index >= 15 is 0 Å². The Morgan fingerprint density at radius 1 is 1.20 bits per heavy atom. The minimum atomic E-state index is 0.374. The van der Waals surface area contributed by atoms with Crippen LogP contribution < -0.4 is 10.1 Å². The SMILES string of the molecule is CCc1ccc2c(c1)C(NCc1ccncc1)CCO2. The zero-order valence-corrected chi connectivity index (χ0v) is 11.8. The van der Waals surface area contributed by atoms with Gasteiger partial charge in [-0.05, 0) is 35.7 Å². The lowest BCUT2D eigenvalue weighted by atomic mass is 9.97. The van der Waals surface area contributed by atoms with E-state index in [4.69, 9.17) is 4.74 Å². The Hall–Kier alpha value is -1.87. The molecule has 1 aliphatic heterocycles. The lowest BCUT2D eigenvalue weighted by molar-refractivity contribution is 0.252. The zero-order valence-electron chi connectivity index (χ0n) is 11.8. The number of ether oxygens (including phenoxy) is 1. The lowest BCUT2D eigenvalue weighted by Crippen LogP contribution is -2.26. The van der Waals surface area contributed by atoms with E-state index in [0.717, 1.165) is 31.7 Å². The number of hydrogen-bond acceptors (Lipinski definition) is 3. The topological polar surface area (TPSA) is 34.2 Å². The van der Waals surface area contributed by atoms with E-state index in [9.17, 15) is 0 Å². The molecule has 0 aliphatic carbocycles. The largest absolute Gasteiger partial charge is 0.493 e. The molecule has 20 heavy (non-hydrogen) atoms. The average molecular weight is 268 g/mol. The van der Waals surface area contributed by atoms with Crippen LogP contribution in [0.1, 0.15) is 36.1 Å². The van der Waals surface area contributed by atoms with Gasteiger partial charge in [-0.2, -0.15) is 0 Å². The van der Waals surface area contributed by atoms with Gasteiger partial charge in [0.25, 0.3) is 0 Å². The van der Waals surface area contributed by atoms with Gasteiger partial charge >= 0.3 is 0 Å². The van der Waals surface area contributed by atoms with Gasteiger partial charge < -0.3 is 10.1 Å². The van der Waals surface area contributed by atoms with Crippen LogP contribution in [-0.2, 0) is 13.0 Å². The number of nitrogens with zero attached hydrogens (tertiary/aromatic N) is 1. The van der Waals surface area contributed by atoms with Gasteiger partial charge in [0, 0.05) is 37.0 Å². The average Bonchev–Trinajstić information content (AvgIpc) is 2.53. The van der Waals surface area contributed by atoms with Crippen LogP contribution in [0, 0.1) is 0 Å². The van der Waals surface area contributed by atoms with Crippen molar-refractivity contribution in [3.63, 3.8) is 0 Å². The van der Waals surface area contributed by atoms with Crippen molar-refractivity contribution in [2.75, 3.05) is 6.61 Å². The third kappa shape index (κ3) is 2.83. The lowest BCUT2D eigenvalue weighted by Gasteiger charge is -2.27. The smallest absolute Gasteiger partial charge is 0.124 e. The maximum Gasteiger partial charge on any atom is 0.124 e. The summed E-state index contributed by atoms with van der Waals surface area (Å²) in [6.07, 6.45) is 5.75. The van der Waals surface area contributed by atoms with Gasteiger partial charge in [0.1, 0.15) is 5.75 Å². The number of fused-ring (bicyclic) bond motifs is 1. The molecule has 1 aromatic heterocycles. The summed E-state index contributed by atoms with van der Waals surface area (Å²) < 4.78 is 5.76. The zero-order chi connectivity index (χ0) is 13.8. The van der Waals surface area contributed by atoms with E-state index in [1.54, 1.807) is 0 Å². The Bertz CT molecular complexity index is 568. The van der Waals surface area contributed by atoms with Crippen LogP contribution in [-0.4, -0.2) is 11.6 Å². The summed E-state index contributed by atoms with van der Waals surface area (Å²) in [5.41, 5.74) is 3.93. The molecule has 2 heterocycles. The highest BCUT2D eigenvalue weighted by Gasteiger charge is 2.21. The number of aromatic nitrogens is 1. The van der Waals surface area contributed by atoms with E-state index in [-0.39, 0.29) is 0 Å². The molecule has 1 aliphatic rings. The van der Waals surface area contributed by atoms with Crippen LogP contribution in [0.25, 0.3) is 0 Å². The first-order chi connectivity index (χ1) is 9.86. The Morgan fingerprint density at radius 2 is 2.05 bits per heavy atom. The summed E-state index contributed by atoms with van der Waals surface area (Å²) in [5.74, 6) is 1.03. The van der Waals surface area contributed by atoms with E-state index in [0.29, 0.717) is 6.04 Å². The highest BCUT2D eigenvalue weighted by molar-refractivity contribution is 5.41. The first-order valence-electron chi connectivity index (χ1n) is 7.24. The molecule has 3 rings (SSSR count). The predicted molar refractivity (Wildman–Crippen MR) is 79.7 cm³/mol. The van der Waals surface area contributed by atoms with Gasteiger partial charge in [0.2, 0.25) is 0 Å². The summed E-state index contributed by atoms with van der Waals surface area (Å²) in [6, 6.07) is 11.0. The molecule has 3 heteroatoms. The molecule has 0 spiro atoms. The first kappa shape index (κ1) is 13.1. The standard InChI is InChI=1S/C17H20N2O/c1-2-13-3-4-17-15(11-13)16(7-10-20-17)19-12-14-5-8-18-9-6-14/h3-6,8-9,11,16,19H,2,7,10,12H2,1H3. The Morgan fingerprint density at radius 3 is 2.85 bits per heavy atom. The van der Waals surface area contributed by atoms with Crippen molar-refractivity contribution in [1.82, 2.24) is 10.3 Å². The second kappa shape index (κ2) is 6.06. The highest BCUT2D eigenvalue weighted by atomic mass is 16.5. The monoisotopic (exact) mass is 268 g/mol. The maximum absolute atomic E-state index is 5.76. The van der Waals surface area contributed by atoms with Crippen LogP contribution in [0.3, 0.4) is 0 Å². The summed E-state index contributed by atoms with van der Waals surface area (Å²) in [6.45, 7) is 3.83. The van der Waals surface area contributed by atoms with E-state index < -0.39 is 0 Å². The van der Waals surface area contributed by atoms with E-state index in [1.165, 1.54) is 16.7 Å². The third-order valence-corrected chi connectivity index (χ3v) is 3.82. The Labute approximate surface area is 120 Å². The van der Waals surface area contributed by atoms with Crippen molar-refractivity contribution in [2.45, 2.75) is 32.4 Å². The van der Waals surface area contributed by atoms with Crippen molar-refractivity contribution in [3.8, 4) is 5.75 Å². The second-order valence-electron chi connectivity index (χ2n) is 5.15. The second-order valence-corrected chi connectivity index (χ2v) is 5.15. The minimum Gasteiger partial charge on any atom is -0.493 e. The quantitative estimate of drug-likeness (QED) is 0.924. The van der Waals surface area contributed by atoms with Gasteiger partial charge in [0.05, 0.1) is 6.61 Å². The van der Waals surface area contributed by atoms with Gasteiger partial charge in [-0.1, -0.05) is 19.1 Å².